The molecule has 0 aromatic heterocycles. The average Bonchev–Trinajstić information content (AvgIpc) is 3.25. The first-order chi connectivity index (χ1) is 9.70. The Bertz CT molecular complexity index is 450. The van der Waals surface area contributed by atoms with E-state index < -0.39 is 0 Å². The zero-order valence-corrected chi connectivity index (χ0v) is 13.6. The number of benzene rings is 1. The molecule has 0 radical (unpaired) electrons. The summed E-state index contributed by atoms with van der Waals surface area (Å²) in [4.78, 5) is 13.8. The Morgan fingerprint density at radius 1 is 1.38 bits per heavy atom. The molecule has 0 atom stereocenters. The standard InChI is InChI=1S/C16H24N2O2.ClH/c1-3-20-15-7-5-4-6-14(15)12-18(2)16(19)11-17-10-13-8-9-13;/h4-7,13,17H,3,8-12H2,1-2H3;1H. The van der Waals surface area contributed by atoms with E-state index in [1.807, 2.05) is 38.2 Å². The lowest BCUT2D eigenvalue weighted by Gasteiger charge is -2.19. The largest absolute Gasteiger partial charge is 0.494 e. The maximum absolute atomic E-state index is 12.0. The smallest absolute Gasteiger partial charge is 0.236 e. The maximum atomic E-state index is 12.0. The second-order valence-corrected chi connectivity index (χ2v) is 5.36. The molecule has 1 fully saturated rings. The van der Waals surface area contributed by atoms with Crippen LogP contribution in [0.1, 0.15) is 25.3 Å². The van der Waals surface area contributed by atoms with Crippen LogP contribution in [0.4, 0.5) is 0 Å². The Labute approximate surface area is 133 Å². The third-order valence-corrected chi connectivity index (χ3v) is 3.51. The lowest BCUT2D eigenvalue weighted by Crippen LogP contribution is -2.35. The number of amides is 1. The highest BCUT2D eigenvalue weighted by Gasteiger charge is 2.21. The van der Waals surface area contributed by atoms with E-state index in [9.17, 15) is 4.79 Å². The van der Waals surface area contributed by atoms with Gasteiger partial charge in [-0.25, -0.2) is 0 Å². The molecule has 0 spiro atoms. The fraction of sp³-hybridized carbons (Fsp3) is 0.562. The molecule has 118 valence electrons. The van der Waals surface area contributed by atoms with Crippen LogP contribution in [0.3, 0.4) is 0 Å². The van der Waals surface area contributed by atoms with E-state index in [-0.39, 0.29) is 18.3 Å². The van der Waals surface area contributed by atoms with Crippen molar-refractivity contribution in [3.05, 3.63) is 29.8 Å². The van der Waals surface area contributed by atoms with Gasteiger partial charge in [0.1, 0.15) is 5.75 Å². The van der Waals surface area contributed by atoms with Gasteiger partial charge in [-0.05, 0) is 38.3 Å². The van der Waals surface area contributed by atoms with Crippen molar-refractivity contribution >= 4 is 18.3 Å². The predicted octanol–water partition coefficient (Wildman–Crippen LogP) is 2.47. The lowest BCUT2D eigenvalue weighted by molar-refractivity contribution is -0.129. The van der Waals surface area contributed by atoms with Crippen LogP contribution in [-0.2, 0) is 11.3 Å². The quantitative estimate of drug-likeness (QED) is 0.802. The molecule has 0 aliphatic heterocycles. The van der Waals surface area contributed by atoms with Crippen molar-refractivity contribution in [3.63, 3.8) is 0 Å². The Kier molecular flexibility index (Phi) is 7.54. The van der Waals surface area contributed by atoms with Crippen molar-refractivity contribution in [2.24, 2.45) is 5.92 Å². The van der Waals surface area contributed by atoms with Crippen LogP contribution in [0.25, 0.3) is 0 Å². The minimum atomic E-state index is 0. The third-order valence-electron chi connectivity index (χ3n) is 3.51. The van der Waals surface area contributed by atoms with Crippen LogP contribution in [0.2, 0.25) is 0 Å². The summed E-state index contributed by atoms with van der Waals surface area (Å²) in [6.45, 7) is 4.57. The van der Waals surface area contributed by atoms with Crippen LogP contribution in [-0.4, -0.2) is 37.6 Å². The zero-order valence-electron chi connectivity index (χ0n) is 12.8. The van der Waals surface area contributed by atoms with Gasteiger partial charge in [-0.15, -0.1) is 12.4 Å². The summed E-state index contributed by atoms with van der Waals surface area (Å²) in [5, 5.41) is 3.23. The highest BCUT2D eigenvalue weighted by molar-refractivity contribution is 5.85. The highest BCUT2D eigenvalue weighted by Crippen LogP contribution is 2.27. The molecule has 1 amide bonds. The lowest BCUT2D eigenvalue weighted by atomic mass is 10.2. The van der Waals surface area contributed by atoms with Gasteiger partial charge >= 0.3 is 0 Å². The molecule has 0 saturated heterocycles. The van der Waals surface area contributed by atoms with Gasteiger partial charge in [-0.2, -0.15) is 0 Å². The Hall–Kier alpha value is -1.26. The van der Waals surface area contributed by atoms with Crippen molar-refractivity contribution < 1.29 is 9.53 Å². The van der Waals surface area contributed by atoms with Crippen LogP contribution in [0.5, 0.6) is 5.75 Å². The number of para-hydroxylation sites is 1. The maximum Gasteiger partial charge on any atom is 0.236 e. The van der Waals surface area contributed by atoms with E-state index in [1.165, 1.54) is 12.8 Å². The molecule has 4 nitrogen and oxygen atoms in total. The van der Waals surface area contributed by atoms with Gasteiger partial charge in [0.05, 0.1) is 13.2 Å². The van der Waals surface area contributed by atoms with Crippen molar-refractivity contribution in [1.82, 2.24) is 10.2 Å². The van der Waals surface area contributed by atoms with E-state index in [0.29, 0.717) is 19.7 Å². The Balaban J connectivity index is 0.00000220. The fourth-order valence-electron chi connectivity index (χ4n) is 2.11. The number of ether oxygens (including phenoxy) is 1. The number of likely N-dealkylation sites (N-methyl/N-ethyl adjacent to an activating group) is 1. The molecule has 1 saturated carbocycles. The summed E-state index contributed by atoms with van der Waals surface area (Å²) >= 11 is 0. The molecule has 1 aliphatic carbocycles. The minimum absolute atomic E-state index is 0. The first-order valence-electron chi connectivity index (χ1n) is 7.36. The van der Waals surface area contributed by atoms with Gasteiger partial charge in [-0.3, -0.25) is 4.79 Å². The first kappa shape index (κ1) is 17.8. The van der Waals surface area contributed by atoms with Crippen LogP contribution in [0.15, 0.2) is 24.3 Å². The van der Waals surface area contributed by atoms with Gasteiger partial charge in [0.15, 0.2) is 0 Å². The number of halogens is 1. The number of carbonyl (C=O) groups is 1. The average molecular weight is 313 g/mol. The molecular weight excluding hydrogens is 288 g/mol. The highest BCUT2D eigenvalue weighted by atomic mass is 35.5. The summed E-state index contributed by atoms with van der Waals surface area (Å²) in [5.74, 6) is 1.78. The number of nitrogens with zero attached hydrogens (tertiary/aromatic N) is 1. The molecule has 1 aromatic carbocycles. The normalized spacial score (nSPS) is 13.4. The second kappa shape index (κ2) is 8.90. The summed E-state index contributed by atoms with van der Waals surface area (Å²) in [6, 6.07) is 7.88. The monoisotopic (exact) mass is 312 g/mol. The predicted molar refractivity (Wildman–Crippen MR) is 86.9 cm³/mol. The third kappa shape index (κ3) is 5.94. The Morgan fingerprint density at radius 2 is 2.10 bits per heavy atom. The topological polar surface area (TPSA) is 41.6 Å². The molecule has 1 aromatic rings. The van der Waals surface area contributed by atoms with Gasteiger partial charge < -0.3 is 15.0 Å². The second-order valence-electron chi connectivity index (χ2n) is 5.36. The van der Waals surface area contributed by atoms with Gasteiger partial charge in [0, 0.05) is 19.2 Å². The number of carbonyl (C=O) groups excluding carboxylic acids is 1. The van der Waals surface area contributed by atoms with Crippen molar-refractivity contribution in [2.75, 3.05) is 26.7 Å². The number of rotatable bonds is 8. The summed E-state index contributed by atoms with van der Waals surface area (Å²) in [5.41, 5.74) is 1.05. The van der Waals surface area contributed by atoms with Crippen molar-refractivity contribution in [1.29, 1.82) is 0 Å². The van der Waals surface area contributed by atoms with Crippen molar-refractivity contribution in [3.8, 4) is 5.75 Å². The first-order valence-corrected chi connectivity index (χ1v) is 7.36. The molecule has 1 N–H and O–H groups in total. The Morgan fingerprint density at radius 3 is 2.76 bits per heavy atom. The van der Waals surface area contributed by atoms with E-state index in [1.54, 1.807) is 4.90 Å². The van der Waals surface area contributed by atoms with E-state index in [2.05, 4.69) is 5.32 Å². The van der Waals surface area contributed by atoms with Crippen molar-refractivity contribution in [2.45, 2.75) is 26.3 Å². The molecule has 21 heavy (non-hydrogen) atoms. The molecular formula is C16H25ClN2O2. The fourth-order valence-corrected chi connectivity index (χ4v) is 2.11. The summed E-state index contributed by atoms with van der Waals surface area (Å²) < 4.78 is 5.58. The van der Waals surface area contributed by atoms with Crippen LogP contribution in [0, 0.1) is 5.92 Å². The molecule has 1 aliphatic rings. The number of hydrogen-bond acceptors (Lipinski definition) is 3. The molecule has 0 unspecified atom stereocenters. The minimum Gasteiger partial charge on any atom is -0.494 e. The SMILES string of the molecule is CCOc1ccccc1CN(C)C(=O)CNCC1CC1.Cl. The molecule has 5 heteroatoms. The van der Waals surface area contributed by atoms with Gasteiger partial charge in [0.25, 0.3) is 0 Å². The zero-order chi connectivity index (χ0) is 14.4. The van der Waals surface area contributed by atoms with Gasteiger partial charge in [0.2, 0.25) is 5.91 Å². The van der Waals surface area contributed by atoms with E-state index in [0.717, 1.165) is 23.8 Å². The van der Waals surface area contributed by atoms with E-state index in [4.69, 9.17) is 4.74 Å². The van der Waals surface area contributed by atoms with Crippen LogP contribution >= 0.6 is 12.4 Å². The number of hydrogen-bond donors (Lipinski definition) is 1. The summed E-state index contributed by atoms with van der Waals surface area (Å²) in [6.07, 6.45) is 2.61. The number of nitrogens with one attached hydrogen (secondary N) is 1. The molecule has 0 heterocycles. The van der Waals surface area contributed by atoms with E-state index >= 15 is 0 Å². The molecule has 0 bridgehead atoms. The summed E-state index contributed by atoms with van der Waals surface area (Å²) in [7, 11) is 1.84. The van der Waals surface area contributed by atoms with Gasteiger partial charge in [-0.1, -0.05) is 18.2 Å². The molecule has 2 rings (SSSR count). The van der Waals surface area contributed by atoms with Crippen LogP contribution < -0.4 is 10.1 Å².